The Kier molecular flexibility index (Phi) is 5.26. The zero-order valence-electron chi connectivity index (χ0n) is 11.4. The maximum absolute atomic E-state index is 11.9. The first-order valence-corrected chi connectivity index (χ1v) is 8.57. The zero-order valence-corrected chi connectivity index (χ0v) is 12.9. The monoisotopic (exact) mass is 318 g/mol. The molecule has 1 fully saturated rings. The van der Waals surface area contributed by atoms with Crippen LogP contribution >= 0.6 is 11.6 Å². The third-order valence-corrected chi connectivity index (χ3v) is 4.83. The molecule has 0 atom stereocenters. The van der Waals surface area contributed by atoms with Gasteiger partial charge in [-0.25, -0.2) is 13.1 Å². The lowest BCUT2D eigenvalue weighted by Gasteiger charge is -2.12. The van der Waals surface area contributed by atoms with E-state index in [0.29, 0.717) is 28.9 Å². The van der Waals surface area contributed by atoms with Crippen LogP contribution in [0.4, 0.5) is 0 Å². The average Bonchev–Trinajstić information content (AvgIpc) is 3.21. The molecule has 0 bridgehead atoms. The van der Waals surface area contributed by atoms with E-state index < -0.39 is 10.0 Å². The van der Waals surface area contributed by atoms with Gasteiger partial charge in [-0.1, -0.05) is 17.7 Å². The summed E-state index contributed by atoms with van der Waals surface area (Å²) in [5.74, 6) is 0.646. The predicted molar refractivity (Wildman–Crippen MR) is 79.7 cm³/mol. The van der Waals surface area contributed by atoms with E-state index in [2.05, 4.69) is 10.0 Å². The first-order chi connectivity index (χ1) is 9.52. The maximum Gasteiger partial charge on any atom is 0.213 e. The molecule has 1 aliphatic rings. The van der Waals surface area contributed by atoms with Gasteiger partial charge in [-0.15, -0.1) is 0 Å². The molecule has 2 rings (SSSR count). The van der Waals surface area contributed by atoms with Gasteiger partial charge in [0, 0.05) is 29.7 Å². The van der Waals surface area contributed by atoms with Crippen molar-refractivity contribution in [3.63, 3.8) is 0 Å². The van der Waals surface area contributed by atoms with Crippen molar-refractivity contribution in [3.8, 4) is 5.75 Å². The fourth-order valence-corrected chi connectivity index (χ4v) is 2.97. The summed E-state index contributed by atoms with van der Waals surface area (Å²) >= 11 is 6.06. The number of halogens is 1. The quantitative estimate of drug-likeness (QED) is 0.762. The molecule has 5 nitrogen and oxygen atoms in total. The summed E-state index contributed by atoms with van der Waals surface area (Å²) in [7, 11) is -1.79. The SMILES string of the molecule is COc1cccc(Cl)c1CNS(=O)(=O)CCNC1CC1. The van der Waals surface area contributed by atoms with E-state index in [1.165, 1.54) is 7.11 Å². The summed E-state index contributed by atoms with van der Waals surface area (Å²) in [6.45, 7) is 0.605. The van der Waals surface area contributed by atoms with Crippen LogP contribution < -0.4 is 14.8 Å². The molecule has 20 heavy (non-hydrogen) atoms. The second-order valence-corrected chi connectivity index (χ2v) is 7.12. The molecule has 0 aromatic heterocycles. The minimum absolute atomic E-state index is 0.0657. The third kappa shape index (κ3) is 4.63. The van der Waals surface area contributed by atoms with E-state index in [-0.39, 0.29) is 12.3 Å². The predicted octanol–water partition coefficient (Wildman–Crippen LogP) is 1.52. The highest BCUT2D eigenvalue weighted by atomic mass is 35.5. The number of benzene rings is 1. The fourth-order valence-electron chi connectivity index (χ4n) is 1.84. The van der Waals surface area contributed by atoms with Crippen molar-refractivity contribution in [1.29, 1.82) is 0 Å². The van der Waals surface area contributed by atoms with Gasteiger partial charge in [-0.3, -0.25) is 0 Å². The topological polar surface area (TPSA) is 67.4 Å². The second-order valence-electron chi connectivity index (χ2n) is 4.79. The van der Waals surface area contributed by atoms with Crippen LogP contribution in [0, 0.1) is 0 Å². The second kappa shape index (κ2) is 6.76. The Balaban J connectivity index is 1.89. The molecule has 0 radical (unpaired) electrons. The lowest BCUT2D eigenvalue weighted by atomic mass is 10.2. The van der Waals surface area contributed by atoms with Crippen LogP contribution in [0.2, 0.25) is 5.02 Å². The summed E-state index contributed by atoms with van der Waals surface area (Å²) in [4.78, 5) is 0. The summed E-state index contributed by atoms with van der Waals surface area (Å²) in [6, 6.07) is 5.74. The molecule has 0 heterocycles. The van der Waals surface area contributed by atoms with Crippen LogP contribution in [-0.2, 0) is 16.6 Å². The van der Waals surface area contributed by atoms with Crippen molar-refractivity contribution in [1.82, 2.24) is 10.0 Å². The number of nitrogens with one attached hydrogen (secondary N) is 2. The number of hydrogen-bond donors (Lipinski definition) is 2. The minimum Gasteiger partial charge on any atom is -0.496 e. The average molecular weight is 319 g/mol. The minimum atomic E-state index is -3.32. The van der Waals surface area contributed by atoms with Crippen LogP contribution in [-0.4, -0.2) is 33.9 Å². The molecule has 7 heteroatoms. The Hall–Kier alpha value is -0.820. The van der Waals surface area contributed by atoms with Gasteiger partial charge in [-0.2, -0.15) is 0 Å². The van der Waals surface area contributed by atoms with E-state index in [0.717, 1.165) is 12.8 Å². The molecule has 0 amide bonds. The highest BCUT2D eigenvalue weighted by molar-refractivity contribution is 7.89. The fraction of sp³-hybridized carbons (Fsp3) is 0.538. The first-order valence-electron chi connectivity index (χ1n) is 6.54. The Morgan fingerprint density at radius 1 is 1.40 bits per heavy atom. The van der Waals surface area contributed by atoms with E-state index in [1.54, 1.807) is 18.2 Å². The van der Waals surface area contributed by atoms with Gasteiger partial charge in [0.2, 0.25) is 10.0 Å². The molecule has 0 saturated heterocycles. The van der Waals surface area contributed by atoms with E-state index in [1.807, 2.05) is 0 Å². The Morgan fingerprint density at radius 2 is 2.15 bits per heavy atom. The molecule has 1 aromatic rings. The zero-order chi connectivity index (χ0) is 14.6. The van der Waals surface area contributed by atoms with Crippen LogP contribution in [0.5, 0.6) is 5.75 Å². The van der Waals surface area contributed by atoms with Crippen molar-refractivity contribution < 1.29 is 13.2 Å². The van der Waals surface area contributed by atoms with Crippen LogP contribution in [0.15, 0.2) is 18.2 Å². The molecule has 1 aromatic carbocycles. The van der Waals surface area contributed by atoms with Crippen LogP contribution in [0.3, 0.4) is 0 Å². The normalized spacial score (nSPS) is 15.3. The lowest BCUT2D eigenvalue weighted by Crippen LogP contribution is -2.32. The molecule has 0 unspecified atom stereocenters. The van der Waals surface area contributed by atoms with Crippen molar-refractivity contribution in [2.75, 3.05) is 19.4 Å². The lowest BCUT2D eigenvalue weighted by molar-refractivity contribution is 0.409. The standard InChI is InChI=1S/C13H19ClN2O3S/c1-19-13-4-2-3-12(14)11(13)9-16-20(17,18)8-7-15-10-5-6-10/h2-4,10,15-16H,5-9H2,1H3. The van der Waals surface area contributed by atoms with E-state index in [9.17, 15) is 8.42 Å². The Morgan fingerprint density at radius 3 is 2.80 bits per heavy atom. The van der Waals surface area contributed by atoms with Crippen LogP contribution in [0.25, 0.3) is 0 Å². The smallest absolute Gasteiger partial charge is 0.213 e. The summed E-state index contributed by atoms with van der Waals surface area (Å²) in [5, 5.41) is 3.66. The van der Waals surface area contributed by atoms with Gasteiger partial charge >= 0.3 is 0 Å². The Bertz CT molecular complexity index is 559. The van der Waals surface area contributed by atoms with Crippen LogP contribution in [0.1, 0.15) is 18.4 Å². The number of hydrogen-bond acceptors (Lipinski definition) is 4. The van der Waals surface area contributed by atoms with Crippen molar-refractivity contribution in [2.45, 2.75) is 25.4 Å². The maximum atomic E-state index is 11.9. The summed E-state index contributed by atoms with van der Waals surface area (Å²) in [6.07, 6.45) is 2.29. The van der Waals surface area contributed by atoms with Gasteiger partial charge < -0.3 is 10.1 Å². The summed E-state index contributed by atoms with van der Waals surface area (Å²) < 4.78 is 31.5. The number of ether oxygens (including phenoxy) is 1. The number of sulfonamides is 1. The van der Waals surface area contributed by atoms with Crippen molar-refractivity contribution in [2.24, 2.45) is 0 Å². The van der Waals surface area contributed by atoms with E-state index >= 15 is 0 Å². The van der Waals surface area contributed by atoms with E-state index in [4.69, 9.17) is 16.3 Å². The molecular formula is C13H19ClN2O3S. The highest BCUT2D eigenvalue weighted by Crippen LogP contribution is 2.26. The first kappa shape index (κ1) is 15.6. The molecule has 1 saturated carbocycles. The van der Waals surface area contributed by atoms with Gasteiger partial charge in [0.15, 0.2) is 0 Å². The summed E-state index contributed by atoms with van der Waals surface area (Å²) in [5.41, 5.74) is 0.649. The van der Waals surface area contributed by atoms with Gasteiger partial charge in [0.05, 0.1) is 12.9 Å². The molecule has 0 spiro atoms. The van der Waals surface area contributed by atoms with Crippen molar-refractivity contribution in [3.05, 3.63) is 28.8 Å². The largest absolute Gasteiger partial charge is 0.496 e. The molecule has 2 N–H and O–H groups in total. The van der Waals surface area contributed by atoms with Gasteiger partial charge in [0.1, 0.15) is 5.75 Å². The molecule has 0 aliphatic heterocycles. The number of methoxy groups -OCH3 is 1. The van der Waals surface area contributed by atoms with Crippen molar-refractivity contribution >= 4 is 21.6 Å². The molecule has 112 valence electrons. The van der Waals surface area contributed by atoms with Gasteiger partial charge in [-0.05, 0) is 25.0 Å². The molecular weight excluding hydrogens is 300 g/mol. The Labute approximate surface area is 124 Å². The third-order valence-electron chi connectivity index (χ3n) is 3.15. The highest BCUT2D eigenvalue weighted by Gasteiger charge is 2.21. The number of rotatable bonds is 8. The van der Waals surface area contributed by atoms with Gasteiger partial charge in [0.25, 0.3) is 0 Å². The molecule has 1 aliphatic carbocycles.